The Hall–Kier alpha value is -0.320. The Bertz CT molecular complexity index is 452. The summed E-state index contributed by atoms with van der Waals surface area (Å²) in [5.74, 6) is 0.0298. The van der Waals surface area contributed by atoms with Gasteiger partial charge in [-0.25, -0.2) is 4.39 Å². The fourth-order valence-electron chi connectivity index (χ4n) is 2.49. The van der Waals surface area contributed by atoms with Crippen molar-refractivity contribution < 1.29 is 9.13 Å². The molecule has 1 N–H and O–H groups in total. The van der Waals surface area contributed by atoms with Crippen LogP contribution >= 0.6 is 27.5 Å². The normalized spacial score (nSPS) is 18.0. The fraction of sp³-hybridized carbons (Fsp3) is 0.600. The van der Waals surface area contributed by atoms with Crippen LogP contribution in [0.5, 0.6) is 5.75 Å². The van der Waals surface area contributed by atoms with Crippen LogP contribution < -0.4 is 10.1 Å². The summed E-state index contributed by atoms with van der Waals surface area (Å²) >= 11 is 9.05. The van der Waals surface area contributed by atoms with Crippen molar-refractivity contribution >= 4 is 27.5 Å². The summed E-state index contributed by atoms with van der Waals surface area (Å²) in [4.78, 5) is 0. The molecule has 0 aliphatic heterocycles. The van der Waals surface area contributed by atoms with Gasteiger partial charge < -0.3 is 10.1 Å². The molecule has 1 aromatic rings. The van der Waals surface area contributed by atoms with E-state index in [1.165, 1.54) is 44.2 Å². The number of nitrogens with one attached hydrogen (secondary N) is 1. The molecule has 112 valence electrons. The quantitative estimate of drug-likeness (QED) is 0.748. The highest BCUT2D eigenvalue weighted by molar-refractivity contribution is 9.10. The van der Waals surface area contributed by atoms with Crippen molar-refractivity contribution in [1.82, 2.24) is 5.32 Å². The minimum absolute atomic E-state index is 0.0196. The molecular weight excluding hydrogens is 345 g/mol. The van der Waals surface area contributed by atoms with E-state index in [0.29, 0.717) is 16.3 Å². The molecule has 0 bridgehead atoms. The molecule has 5 heteroatoms. The zero-order valence-electron chi connectivity index (χ0n) is 11.6. The zero-order chi connectivity index (χ0) is 14.5. The topological polar surface area (TPSA) is 21.3 Å². The zero-order valence-corrected chi connectivity index (χ0v) is 13.9. The number of ether oxygens (including phenoxy) is 1. The van der Waals surface area contributed by atoms with Gasteiger partial charge in [-0.2, -0.15) is 0 Å². The third kappa shape index (κ3) is 4.61. The molecule has 1 aromatic carbocycles. The molecule has 0 amide bonds. The third-order valence-corrected chi connectivity index (χ3v) is 4.51. The second-order valence-electron chi connectivity index (χ2n) is 5.37. The number of hydrogen-bond acceptors (Lipinski definition) is 2. The van der Waals surface area contributed by atoms with E-state index in [-0.39, 0.29) is 11.1 Å². The SMILES string of the molecule is CC(CNC1CCCCC1)Oc1cc(F)c(Cl)cc1Br. The van der Waals surface area contributed by atoms with Gasteiger partial charge in [-0.15, -0.1) is 0 Å². The van der Waals surface area contributed by atoms with Crippen molar-refractivity contribution in [1.29, 1.82) is 0 Å². The maximum atomic E-state index is 13.4. The van der Waals surface area contributed by atoms with Crippen LogP contribution in [0.4, 0.5) is 4.39 Å². The molecule has 2 rings (SSSR count). The largest absolute Gasteiger partial charge is 0.488 e. The lowest BCUT2D eigenvalue weighted by Gasteiger charge is -2.25. The molecule has 0 radical (unpaired) electrons. The van der Waals surface area contributed by atoms with Gasteiger partial charge in [0, 0.05) is 18.7 Å². The van der Waals surface area contributed by atoms with E-state index in [2.05, 4.69) is 21.2 Å². The number of rotatable bonds is 5. The Balaban J connectivity index is 1.84. The highest BCUT2D eigenvalue weighted by atomic mass is 79.9. The second kappa shape index (κ2) is 7.62. The van der Waals surface area contributed by atoms with E-state index in [0.717, 1.165) is 6.54 Å². The fourth-order valence-corrected chi connectivity index (χ4v) is 3.22. The van der Waals surface area contributed by atoms with Crippen LogP contribution in [0.15, 0.2) is 16.6 Å². The van der Waals surface area contributed by atoms with Gasteiger partial charge in [0.15, 0.2) is 0 Å². The summed E-state index contributed by atoms with van der Waals surface area (Å²) in [6, 6.07) is 3.44. The molecule has 0 heterocycles. The number of halogens is 3. The molecule has 1 fully saturated rings. The van der Waals surface area contributed by atoms with Gasteiger partial charge in [0.1, 0.15) is 17.7 Å². The maximum Gasteiger partial charge on any atom is 0.145 e. The van der Waals surface area contributed by atoms with Crippen LogP contribution in [-0.2, 0) is 0 Å². The van der Waals surface area contributed by atoms with E-state index >= 15 is 0 Å². The predicted octanol–water partition coefficient (Wildman–Crippen LogP) is 4.93. The van der Waals surface area contributed by atoms with Crippen LogP contribution in [0.25, 0.3) is 0 Å². The van der Waals surface area contributed by atoms with E-state index in [9.17, 15) is 4.39 Å². The molecule has 20 heavy (non-hydrogen) atoms. The number of benzene rings is 1. The molecule has 0 spiro atoms. The van der Waals surface area contributed by atoms with Gasteiger partial charge in [0.05, 0.1) is 9.50 Å². The Labute approximate surface area is 133 Å². The van der Waals surface area contributed by atoms with E-state index < -0.39 is 5.82 Å². The van der Waals surface area contributed by atoms with Crippen LogP contribution in [0, 0.1) is 5.82 Å². The molecule has 0 aromatic heterocycles. The summed E-state index contributed by atoms with van der Waals surface area (Å²) in [5.41, 5.74) is 0. The molecule has 0 saturated heterocycles. The first kappa shape index (κ1) is 16.1. The third-order valence-electron chi connectivity index (χ3n) is 3.60. The Morgan fingerprint density at radius 2 is 2.10 bits per heavy atom. The van der Waals surface area contributed by atoms with E-state index in [1.54, 1.807) is 0 Å². The molecule has 1 saturated carbocycles. The summed E-state index contributed by atoms with van der Waals surface area (Å²) < 4.78 is 19.9. The highest BCUT2D eigenvalue weighted by Gasteiger charge is 2.15. The monoisotopic (exact) mass is 363 g/mol. The smallest absolute Gasteiger partial charge is 0.145 e. The van der Waals surface area contributed by atoms with Gasteiger partial charge in [-0.3, -0.25) is 0 Å². The summed E-state index contributed by atoms with van der Waals surface area (Å²) in [6.45, 7) is 2.75. The lowest BCUT2D eigenvalue weighted by molar-refractivity contribution is 0.203. The van der Waals surface area contributed by atoms with Crippen LogP contribution in [0.1, 0.15) is 39.0 Å². The highest BCUT2D eigenvalue weighted by Crippen LogP contribution is 2.31. The lowest BCUT2D eigenvalue weighted by Crippen LogP contribution is -2.37. The summed E-state index contributed by atoms with van der Waals surface area (Å²) in [7, 11) is 0. The van der Waals surface area contributed by atoms with Crippen molar-refractivity contribution in [2.24, 2.45) is 0 Å². The van der Waals surface area contributed by atoms with Gasteiger partial charge in [-0.05, 0) is 41.8 Å². The predicted molar refractivity (Wildman–Crippen MR) is 84.1 cm³/mol. The first-order valence-corrected chi connectivity index (χ1v) is 8.28. The van der Waals surface area contributed by atoms with Crippen molar-refractivity contribution in [3.63, 3.8) is 0 Å². The first-order chi connectivity index (χ1) is 9.56. The van der Waals surface area contributed by atoms with Crippen molar-refractivity contribution in [2.45, 2.75) is 51.2 Å². The molecule has 1 aliphatic rings. The second-order valence-corrected chi connectivity index (χ2v) is 6.63. The molecule has 1 atom stereocenters. The van der Waals surface area contributed by atoms with Crippen molar-refractivity contribution in [3.8, 4) is 5.75 Å². The first-order valence-electron chi connectivity index (χ1n) is 7.11. The van der Waals surface area contributed by atoms with Gasteiger partial charge >= 0.3 is 0 Å². The molecule has 1 unspecified atom stereocenters. The van der Waals surface area contributed by atoms with Crippen molar-refractivity contribution in [2.75, 3.05) is 6.54 Å². The van der Waals surface area contributed by atoms with Crippen LogP contribution in [0.2, 0.25) is 5.02 Å². The summed E-state index contributed by atoms with van der Waals surface area (Å²) in [5, 5.41) is 3.62. The average Bonchev–Trinajstić information content (AvgIpc) is 2.44. The van der Waals surface area contributed by atoms with Gasteiger partial charge in [-0.1, -0.05) is 30.9 Å². The average molecular weight is 365 g/mol. The van der Waals surface area contributed by atoms with Gasteiger partial charge in [0.25, 0.3) is 0 Å². The minimum atomic E-state index is -0.461. The van der Waals surface area contributed by atoms with Crippen LogP contribution in [-0.4, -0.2) is 18.7 Å². The van der Waals surface area contributed by atoms with E-state index in [1.807, 2.05) is 6.92 Å². The minimum Gasteiger partial charge on any atom is -0.488 e. The molecule has 2 nitrogen and oxygen atoms in total. The Kier molecular flexibility index (Phi) is 6.12. The van der Waals surface area contributed by atoms with E-state index in [4.69, 9.17) is 16.3 Å². The lowest BCUT2D eigenvalue weighted by atomic mass is 9.95. The molecular formula is C15H20BrClFNO. The van der Waals surface area contributed by atoms with Crippen LogP contribution in [0.3, 0.4) is 0 Å². The van der Waals surface area contributed by atoms with Gasteiger partial charge in [0.2, 0.25) is 0 Å². The van der Waals surface area contributed by atoms with Crippen molar-refractivity contribution in [3.05, 3.63) is 27.4 Å². The Morgan fingerprint density at radius 3 is 2.80 bits per heavy atom. The maximum absolute atomic E-state index is 13.4. The number of hydrogen-bond donors (Lipinski definition) is 1. The Morgan fingerprint density at radius 1 is 1.40 bits per heavy atom. The molecule has 1 aliphatic carbocycles. The summed E-state index contributed by atoms with van der Waals surface area (Å²) in [6.07, 6.45) is 6.43. The standard InChI is InChI=1S/C15H20BrClFNO/c1-10(9-19-11-5-3-2-4-6-11)20-15-8-14(18)13(17)7-12(15)16/h7-8,10-11,19H,2-6,9H2,1H3.